The number of imidazole rings is 1. The minimum Gasteiger partial charge on any atom is -0.436 e. The largest absolute Gasteiger partial charge is 0.436 e. The molecule has 3 heterocycles. The molecule has 3 nitrogen and oxygen atoms in total. The van der Waals surface area contributed by atoms with Crippen LogP contribution in [-0.2, 0) is 6.54 Å². The molecule has 0 spiro atoms. The van der Waals surface area contributed by atoms with E-state index in [4.69, 9.17) is 9.72 Å². The number of ether oxygens (including phenoxy) is 1. The topological polar surface area (TPSA) is 27.1 Å². The summed E-state index contributed by atoms with van der Waals surface area (Å²) in [5.74, 6) is 1.58. The van der Waals surface area contributed by atoms with Crippen LogP contribution in [0.5, 0.6) is 11.6 Å². The summed E-state index contributed by atoms with van der Waals surface area (Å²) < 4.78 is 8.18. The molecule has 0 amide bonds. The molecule has 0 aliphatic carbocycles. The number of fused-ring (bicyclic) bond motifs is 5. The standard InChI is InChI=1S/C18H12N2O/c1-3-7-14-12(5-1)9-10-20-15-11-13-6-2-4-8-16(13)21-18(15)19-17(14)20/h1-9,11H,10H2. The van der Waals surface area contributed by atoms with Gasteiger partial charge in [-0.1, -0.05) is 48.5 Å². The first-order chi connectivity index (χ1) is 10.4. The molecule has 0 saturated carbocycles. The molecule has 2 aliphatic rings. The Morgan fingerprint density at radius 1 is 1.00 bits per heavy atom. The van der Waals surface area contributed by atoms with Crippen molar-refractivity contribution in [3.63, 3.8) is 0 Å². The number of nitrogens with zero attached hydrogens (tertiary/aromatic N) is 2. The molecule has 0 N–H and O–H groups in total. The fraction of sp³-hybridized carbons (Fsp3) is 0.0556. The normalized spacial score (nSPS) is 13.7. The van der Waals surface area contributed by atoms with Crippen molar-refractivity contribution in [3.8, 4) is 11.6 Å². The Bertz CT molecular complexity index is 1090. The lowest BCUT2D eigenvalue weighted by molar-refractivity contribution is 0.454. The third kappa shape index (κ3) is 1.46. The molecule has 5 rings (SSSR count). The predicted octanol–water partition coefficient (Wildman–Crippen LogP) is 1.90. The highest BCUT2D eigenvalue weighted by Gasteiger charge is 2.17. The second-order valence-corrected chi connectivity index (χ2v) is 5.31. The van der Waals surface area contributed by atoms with Gasteiger partial charge in [-0.05, 0) is 17.4 Å². The Kier molecular flexibility index (Phi) is 2.00. The average Bonchev–Trinajstić information content (AvgIpc) is 2.90. The Labute approximate surface area is 120 Å². The Balaban J connectivity index is 1.94. The summed E-state index contributed by atoms with van der Waals surface area (Å²) in [7, 11) is 0. The summed E-state index contributed by atoms with van der Waals surface area (Å²) in [4.78, 5) is 4.72. The van der Waals surface area contributed by atoms with Crippen molar-refractivity contribution in [2.24, 2.45) is 0 Å². The fourth-order valence-electron chi connectivity index (χ4n) is 3.06. The van der Waals surface area contributed by atoms with E-state index in [1.54, 1.807) is 0 Å². The molecular weight excluding hydrogens is 260 g/mol. The van der Waals surface area contributed by atoms with Gasteiger partial charge in [0.1, 0.15) is 16.6 Å². The number of hydrogen-bond donors (Lipinski definition) is 0. The van der Waals surface area contributed by atoms with Crippen molar-refractivity contribution in [2.75, 3.05) is 0 Å². The monoisotopic (exact) mass is 272 g/mol. The first-order valence-corrected chi connectivity index (χ1v) is 7.05. The maximum atomic E-state index is 5.97. The van der Waals surface area contributed by atoms with E-state index in [-0.39, 0.29) is 0 Å². The van der Waals surface area contributed by atoms with Crippen LogP contribution in [0, 0.1) is 10.7 Å². The minimum atomic E-state index is 0.703. The lowest BCUT2D eigenvalue weighted by Crippen LogP contribution is -2.23. The highest BCUT2D eigenvalue weighted by Crippen LogP contribution is 2.26. The van der Waals surface area contributed by atoms with Gasteiger partial charge in [0.25, 0.3) is 0 Å². The van der Waals surface area contributed by atoms with E-state index in [9.17, 15) is 0 Å². The van der Waals surface area contributed by atoms with Crippen LogP contribution in [0.25, 0.3) is 12.2 Å². The van der Waals surface area contributed by atoms with Crippen LogP contribution >= 0.6 is 0 Å². The third-order valence-electron chi connectivity index (χ3n) is 4.09. The molecule has 0 atom stereocenters. The molecular formula is C18H12N2O. The van der Waals surface area contributed by atoms with Gasteiger partial charge < -0.3 is 9.30 Å². The third-order valence-corrected chi connectivity index (χ3v) is 4.09. The average molecular weight is 272 g/mol. The lowest BCUT2D eigenvalue weighted by atomic mass is 10.1. The molecule has 0 fully saturated rings. The van der Waals surface area contributed by atoms with Gasteiger partial charge >= 0.3 is 0 Å². The van der Waals surface area contributed by atoms with Crippen molar-refractivity contribution in [3.05, 3.63) is 75.4 Å². The van der Waals surface area contributed by atoms with Crippen LogP contribution < -0.4 is 15.3 Å². The van der Waals surface area contributed by atoms with Crippen molar-refractivity contribution in [1.82, 2.24) is 9.55 Å². The molecule has 1 aromatic heterocycles. The zero-order valence-corrected chi connectivity index (χ0v) is 11.3. The minimum absolute atomic E-state index is 0.703. The van der Waals surface area contributed by atoms with E-state index in [0.717, 1.165) is 28.7 Å². The van der Waals surface area contributed by atoms with E-state index in [2.05, 4.69) is 47.1 Å². The molecule has 3 heteroatoms. The van der Waals surface area contributed by atoms with Crippen molar-refractivity contribution in [2.45, 2.75) is 6.54 Å². The maximum absolute atomic E-state index is 5.97. The van der Waals surface area contributed by atoms with E-state index in [0.29, 0.717) is 5.88 Å². The van der Waals surface area contributed by atoms with Gasteiger partial charge in [-0.2, -0.15) is 4.98 Å². The lowest BCUT2D eigenvalue weighted by Gasteiger charge is -2.11. The Morgan fingerprint density at radius 2 is 1.86 bits per heavy atom. The Hall–Kier alpha value is -2.81. The molecule has 100 valence electrons. The zero-order valence-electron chi connectivity index (χ0n) is 11.3. The van der Waals surface area contributed by atoms with E-state index in [1.165, 1.54) is 10.4 Å². The first kappa shape index (κ1) is 10.9. The van der Waals surface area contributed by atoms with Crippen molar-refractivity contribution < 1.29 is 4.74 Å². The summed E-state index contributed by atoms with van der Waals surface area (Å²) in [5.41, 5.74) is 2.09. The SMILES string of the molecule is C1=c2ccccc2=c2nc3c(n2C1)=Cc1ccccc1O3. The van der Waals surface area contributed by atoms with Crippen LogP contribution in [0.2, 0.25) is 0 Å². The maximum Gasteiger partial charge on any atom is 0.245 e. The first-order valence-electron chi connectivity index (χ1n) is 7.05. The molecule has 2 aliphatic heterocycles. The van der Waals surface area contributed by atoms with Gasteiger partial charge in [0.2, 0.25) is 5.88 Å². The molecule has 0 radical (unpaired) electrons. The van der Waals surface area contributed by atoms with Crippen LogP contribution in [0.15, 0.2) is 48.5 Å². The molecule has 2 aromatic carbocycles. The summed E-state index contributed by atoms with van der Waals surface area (Å²) >= 11 is 0. The van der Waals surface area contributed by atoms with E-state index < -0.39 is 0 Å². The molecule has 0 bridgehead atoms. The van der Waals surface area contributed by atoms with Gasteiger partial charge in [0, 0.05) is 17.3 Å². The number of para-hydroxylation sites is 1. The quantitative estimate of drug-likeness (QED) is 0.489. The van der Waals surface area contributed by atoms with Crippen molar-refractivity contribution >= 4 is 12.2 Å². The second-order valence-electron chi connectivity index (χ2n) is 5.31. The number of aromatic nitrogens is 2. The van der Waals surface area contributed by atoms with Crippen LogP contribution in [0.3, 0.4) is 0 Å². The molecule has 21 heavy (non-hydrogen) atoms. The highest BCUT2D eigenvalue weighted by molar-refractivity contribution is 5.61. The van der Waals surface area contributed by atoms with E-state index in [1.807, 2.05) is 18.2 Å². The Morgan fingerprint density at radius 3 is 2.86 bits per heavy atom. The van der Waals surface area contributed by atoms with Gasteiger partial charge in [-0.25, -0.2) is 0 Å². The van der Waals surface area contributed by atoms with Gasteiger partial charge in [0.15, 0.2) is 0 Å². The number of hydrogen-bond acceptors (Lipinski definition) is 2. The summed E-state index contributed by atoms with van der Waals surface area (Å²) in [6.07, 6.45) is 4.39. The molecule has 0 saturated heterocycles. The fourth-order valence-corrected chi connectivity index (χ4v) is 3.06. The molecule has 0 unspecified atom stereocenters. The van der Waals surface area contributed by atoms with Crippen LogP contribution in [0.4, 0.5) is 0 Å². The predicted molar refractivity (Wildman–Crippen MR) is 80.1 cm³/mol. The van der Waals surface area contributed by atoms with Crippen LogP contribution in [0.1, 0.15) is 5.56 Å². The molecule has 3 aromatic rings. The smallest absolute Gasteiger partial charge is 0.245 e. The van der Waals surface area contributed by atoms with Crippen LogP contribution in [-0.4, -0.2) is 9.55 Å². The summed E-state index contributed by atoms with van der Waals surface area (Å²) in [6.45, 7) is 0.830. The number of rotatable bonds is 0. The second kappa shape index (κ2) is 3.85. The highest BCUT2D eigenvalue weighted by atomic mass is 16.5. The van der Waals surface area contributed by atoms with Crippen molar-refractivity contribution in [1.29, 1.82) is 0 Å². The van der Waals surface area contributed by atoms with Gasteiger partial charge in [0.05, 0.1) is 0 Å². The van der Waals surface area contributed by atoms with E-state index >= 15 is 0 Å². The van der Waals surface area contributed by atoms with Gasteiger partial charge in [-0.3, -0.25) is 0 Å². The summed E-state index contributed by atoms with van der Waals surface area (Å²) in [5, 5.41) is 3.46. The summed E-state index contributed by atoms with van der Waals surface area (Å²) in [6, 6.07) is 16.4. The number of benzene rings is 2. The van der Waals surface area contributed by atoms with Gasteiger partial charge in [-0.15, -0.1) is 0 Å². The zero-order chi connectivity index (χ0) is 13.8.